The number of fused-ring (bicyclic) bond motifs is 1. The van der Waals surface area contributed by atoms with Gasteiger partial charge < -0.3 is 19.7 Å². The number of nitrogens with one attached hydrogen (secondary N) is 1. The van der Waals surface area contributed by atoms with E-state index >= 15 is 0 Å². The van der Waals surface area contributed by atoms with E-state index < -0.39 is 0 Å². The van der Waals surface area contributed by atoms with E-state index in [1.165, 1.54) is 0 Å². The minimum atomic E-state index is -0.138. The Labute approximate surface area is 179 Å². The number of likely N-dealkylation sites (N-methyl/N-ethyl adjacent to an activating group) is 2. The Kier molecular flexibility index (Phi) is 7.36. The van der Waals surface area contributed by atoms with E-state index in [9.17, 15) is 9.59 Å². The first-order chi connectivity index (χ1) is 14.3. The fourth-order valence-electron chi connectivity index (χ4n) is 3.95. The largest absolute Gasteiger partial charge is 0.491 e. The Bertz CT molecular complexity index is 765. The average molecular weight is 418 g/mol. The normalized spacial score (nSPS) is 26.6. The molecule has 2 aliphatic rings. The van der Waals surface area contributed by atoms with Gasteiger partial charge in [0.05, 0.1) is 11.7 Å². The van der Waals surface area contributed by atoms with E-state index in [1.807, 2.05) is 6.07 Å². The fraction of sp³-hybridized carbons (Fsp3) is 0.652. The molecule has 1 heterocycles. The molecule has 1 aromatic rings. The van der Waals surface area contributed by atoms with Crippen LogP contribution < -0.4 is 10.1 Å². The molecule has 1 saturated carbocycles. The smallest absolute Gasteiger partial charge is 0.257 e. The van der Waals surface area contributed by atoms with Gasteiger partial charge in [-0.2, -0.15) is 0 Å². The Morgan fingerprint density at radius 2 is 1.93 bits per heavy atom. The van der Waals surface area contributed by atoms with Crippen molar-refractivity contribution in [1.82, 2.24) is 9.80 Å². The van der Waals surface area contributed by atoms with E-state index in [-0.39, 0.29) is 35.8 Å². The van der Waals surface area contributed by atoms with Crippen molar-refractivity contribution in [2.24, 2.45) is 11.8 Å². The van der Waals surface area contributed by atoms with E-state index in [2.05, 4.69) is 31.1 Å². The zero-order valence-electron chi connectivity index (χ0n) is 18.8. The number of nitrogens with zero attached hydrogens (tertiary/aromatic N) is 2. The van der Waals surface area contributed by atoms with Crippen molar-refractivity contribution in [3.05, 3.63) is 23.8 Å². The van der Waals surface area contributed by atoms with Crippen LogP contribution in [0.3, 0.4) is 0 Å². The lowest BCUT2D eigenvalue weighted by Crippen LogP contribution is -2.45. The lowest BCUT2D eigenvalue weighted by Gasteiger charge is -2.34. The fourth-order valence-corrected chi connectivity index (χ4v) is 3.95. The van der Waals surface area contributed by atoms with Gasteiger partial charge in [-0.25, -0.2) is 0 Å². The van der Waals surface area contributed by atoms with Crippen molar-refractivity contribution >= 4 is 17.5 Å². The summed E-state index contributed by atoms with van der Waals surface area (Å²) in [6.07, 6.45) is 2.90. The van der Waals surface area contributed by atoms with E-state index in [4.69, 9.17) is 9.47 Å². The molecule has 0 saturated heterocycles. The maximum atomic E-state index is 13.3. The summed E-state index contributed by atoms with van der Waals surface area (Å²) in [7, 11) is 5.56. The number of carbonyl (C=O) groups is 2. The zero-order valence-corrected chi connectivity index (χ0v) is 18.8. The third kappa shape index (κ3) is 5.13. The van der Waals surface area contributed by atoms with Crippen LogP contribution in [0.25, 0.3) is 0 Å². The molecular formula is C23H35N3O4. The summed E-state index contributed by atoms with van der Waals surface area (Å²) in [6, 6.07) is 5.51. The maximum Gasteiger partial charge on any atom is 0.257 e. The Hall–Kier alpha value is -2.12. The Morgan fingerprint density at radius 1 is 1.20 bits per heavy atom. The summed E-state index contributed by atoms with van der Waals surface area (Å²) in [5.41, 5.74) is 1.09. The van der Waals surface area contributed by atoms with Crippen LogP contribution in [-0.4, -0.2) is 74.7 Å². The highest BCUT2D eigenvalue weighted by Crippen LogP contribution is 2.30. The van der Waals surface area contributed by atoms with Crippen LogP contribution in [0.15, 0.2) is 18.2 Å². The number of anilines is 1. The van der Waals surface area contributed by atoms with Crippen LogP contribution in [0.4, 0.5) is 5.69 Å². The van der Waals surface area contributed by atoms with Gasteiger partial charge in [-0.15, -0.1) is 0 Å². The second-order valence-electron chi connectivity index (χ2n) is 8.86. The van der Waals surface area contributed by atoms with Gasteiger partial charge >= 0.3 is 0 Å². The van der Waals surface area contributed by atoms with Crippen molar-refractivity contribution in [2.75, 3.05) is 46.2 Å². The first-order valence-corrected chi connectivity index (χ1v) is 10.9. The summed E-state index contributed by atoms with van der Waals surface area (Å²) >= 11 is 0. The second kappa shape index (κ2) is 9.79. The molecule has 0 spiro atoms. The van der Waals surface area contributed by atoms with Gasteiger partial charge in [0, 0.05) is 44.9 Å². The first-order valence-electron chi connectivity index (χ1n) is 10.9. The van der Waals surface area contributed by atoms with Gasteiger partial charge in [-0.3, -0.25) is 14.5 Å². The van der Waals surface area contributed by atoms with Crippen molar-refractivity contribution in [3.8, 4) is 5.75 Å². The molecule has 0 unspecified atom stereocenters. The third-order valence-corrected chi connectivity index (χ3v) is 6.50. The molecule has 7 nitrogen and oxygen atoms in total. The monoisotopic (exact) mass is 417 g/mol. The molecule has 7 heteroatoms. The Morgan fingerprint density at radius 3 is 2.57 bits per heavy atom. The summed E-state index contributed by atoms with van der Waals surface area (Å²) in [6.45, 7) is 6.06. The number of hydrogen-bond acceptors (Lipinski definition) is 5. The summed E-state index contributed by atoms with van der Waals surface area (Å²) in [4.78, 5) is 29.6. The lowest BCUT2D eigenvalue weighted by atomic mass is 9.85. The van der Waals surface area contributed by atoms with E-state index in [0.717, 1.165) is 25.8 Å². The predicted octanol–water partition coefficient (Wildman–Crippen LogP) is 2.86. The molecule has 0 aromatic heterocycles. The zero-order chi connectivity index (χ0) is 21.8. The number of amides is 2. The van der Waals surface area contributed by atoms with Crippen molar-refractivity contribution in [2.45, 2.75) is 45.3 Å². The summed E-state index contributed by atoms with van der Waals surface area (Å²) in [5.74, 6) is 0.766. The summed E-state index contributed by atoms with van der Waals surface area (Å²) < 4.78 is 11.8. The molecule has 0 bridgehead atoms. The third-order valence-electron chi connectivity index (χ3n) is 6.50. The minimum absolute atomic E-state index is 0.0274. The Balaban J connectivity index is 1.88. The highest BCUT2D eigenvalue weighted by atomic mass is 16.5. The quantitative estimate of drug-likeness (QED) is 0.819. The van der Waals surface area contributed by atoms with Crippen LogP contribution >= 0.6 is 0 Å². The molecule has 30 heavy (non-hydrogen) atoms. The first kappa shape index (κ1) is 22.6. The van der Waals surface area contributed by atoms with Crippen LogP contribution in [-0.2, 0) is 9.53 Å². The van der Waals surface area contributed by atoms with Gasteiger partial charge in [-0.05, 0) is 50.9 Å². The standard InChI is InChI=1S/C23H35N3O4/c1-15-12-25(3)16(2)14-30-20-10-9-18(24-22(27)17-7-6-8-17)11-19(20)23(28)26(4)13-21(15)29-5/h9-11,15-17,21H,6-8,12-14H2,1-5H3,(H,24,27)/t15-,16-,21-/m0/s1. The SMILES string of the molecule is CO[C@H]1CN(C)C(=O)c2cc(NC(=O)C3CCC3)ccc2OC[C@H](C)N(C)C[C@@H]1C. The highest BCUT2D eigenvalue weighted by Gasteiger charge is 2.28. The van der Waals surface area contributed by atoms with Gasteiger partial charge in [0.25, 0.3) is 5.91 Å². The topological polar surface area (TPSA) is 71.1 Å². The molecule has 0 radical (unpaired) electrons. The van der Waals surface area contributed by atoms with Gasteiger partial charge in [0.15, 0.2) is 0 Å². The van der Waals surface area contributed by atoms with E-state index in [0.29, 0.717) is 30.2 Å². The number of ether oxygens (including phenoxy) is 2. The van der Waals surface area contributed by atoms with Crippen molar-refractivity contribution in [1.29, 1.82) is 0 Å². The van der Waals surface area contributed by atoms with Gasteiger partial charge in [0.1, 0.15) is 12.4 Å². The highest BCUT2D eigenvalue weighted by molar-refractivity contribution is 5.99. The van der Waals surface area contributed by atoms with Crippen LogP contribution in [0.5, 0.6) is 5.75 Å². The number of rotatable bonds is 3. The lowest BCUT2D eigenvalue weighted by molar-refractivity contribution is -0.122. The molecule has 1 fully saturated rings. The number of hydrogen-bond donors (Lipinski definition) is 1. The van der Waals surface area contributed by atoms with Gasteiger partial charge in [-0.1, -0.05) is 13.3 Å². The molecular weight excluding hydrogens is 382 g/mol. The van der Waals surface area contributed by atoms with E-state index in [1.54, 1.807) is 31.2 Å². The number of carbonyl (C=O) groups excluding carboxylic acids is 2. The molecule has 166 valence electrons. The molecule has 2 amide bonds. The predicted molar refractivity (Wildman–Crippen MR) is 117 cm³/mol. The average Bonchev–Trinajstić information content (AvgIpc) is 2.67. The molecule has 1 aliphatic heterocycles. The van der Waals surface area contributed by atoms with Crippen molar-refractivity contribution in [3.63, 3.8) is 0 Å². The molecule has 1 aromatic carbocycles. The molecule has 1 aliphatic carbocycles. The van der Waals surface area contributed by atoms with Crippen molar-refractivity contribution < 1.29 is 19.1 Å². The molecule has 3 rings (SSSR count). The second-order valence-corrected chi connectivity index (χ2v) is 8.86. The van der Waals surface area contributed by atoms with Crippen LogP contribution in [0.2, 0.25) is 0 Å². The van der Waals surface area contributed by atoms with Gasteiger partial charge in [0.2, 0.25) is 5.91 Å². The minimum Gasteiger partial charge on any atom is -0.491 e. The molecule has 1 N–H and O–H groups in total. The van der Waals surface area contributed by atoms with Crippen LogP contribution in [0, 0.1) is 11.8 Å². The number of benzene rings is 1. The molecule has 3 atom stereocenters. The van der Waals surface area contributed by atoms with Crippen LogP contribution in [0.1, 0.15) is 43.5 Å². The summed E-state index contributed by atoms with van der Waals surface area (Å²) in [5, 5.41) is 2.96. The number of methoxy groups -OCH3 is 1. The maximum absolute atomic E-state index is 13.3.